The second-order valence-corrected chi connectivity index (χ2v) is 16.8. The van der Waals surface area contributed by atoms with Crippen LogP contribution in [0.5, 0.6) is 0 Å². The highest BCUT2D eigenvalue weighted by Crippen LogP contribution is 2.46. The van der Waals surface area contributed by atoms with Gasteiger partial charge in [0.2, 0.25) is 0 Å². The average Bonchev–Trinajstić information content (AvgIpc) is 3.28. The van der Waals surface area contributed by atoms with E-state index in [0.717, 1.165) is 0 Å². The Balaban J connectivity index is 1.81. The van der Waals surface area contributed by atoms with Crippen LogP contribution in [-0.2, 0) is 38.0 Å². The van der Waals surface area contributed by atoms with Crippen molar-refractivity contribution in [3.63, 3.8) is 0 Å². The molecule has 0 aromatic rings. The zero-order valence-corrected chi connectivity index (χ0v) is 32.7. The number of carbonyl (C=O) groups excluding carboxylic acids is 1. The summed E-state index contributed by atoms with van der Waals surface area (Å²) < 4.78 is 44.7. The predicted octanol–water partition coefficient (Wildman–Crippen LogP) is 2.59. The lowest BCUT2D eigenvalue weighted by Crippen LogP contribution is -2.60. The monoisotopic (exact) mass is 716 g/mol. The maximum absolute atomic E-state index is 14.2. The summed E-state index contributed by atoms with van der Waals surface area (Å²) in [6, 6.07) is -0.675. The number of nitrogens with zero attached hydrogens (tertiary/aromatic N) is 1. The van der Waals surface area contributed by atoms with Crippen LogP contribution in [0.2, 0.25) is 0 Å². The minimum Gasteiger partial charge on any atom is -0.459 e. The Hall–Kier alpha value is -0.970. The third kappa shape index (κ3) is 8.08. The number of rotatable bonds is 7. The highest BCUT2D eigenvalue weighted by molar-refractivity contribution is 5.73. The van der Waals surface area contributed by atoms with Gasteiger partial charge in [-0.3, -0.25) is 4.79 Å². The second-order valence-electron chi connectivity index (χ2n) is 16.8. The zero-order chi connectivity index (χ0) is 37.7. The third-order valence-corrected chi connectivity index (χ3v) is 12.5. The lowest BCUT2D eigenvalue weighted by atomic mass is 9.75. The molecule has 0 aromatic heterocycles. The molecule has 4 aliphatic rings. The highest BCUT2D eigenvalue weighted by Gasteiger charge is 2.58. The van der Waals surface area contributed by atoms with Crippen molar-refractivity contribution >= 4 is 5.97 Å². The summed E-state index contributed by atoms with van der Waals surface area (Å²) in [5.41, 5.74) is 3.39. The SMILES string of the molecule is CC[C@@H]1OC(=O)[C@H](C)[C@@H](O[C@H]2C[C@@](C)(OC)[C@@H](O)[C@H](C)O2)[C@H](C)[C@H](O[C@@H]2O[C@H](C)C[C@H](N(C)C)[C@H]2O)[C@@](C)(O)C[C@@H](C)[C@@H]2O[C@]1(C)[C@@H](N)[C@H]2C. The molecule has 4 heterocycles. The van der Waals surface area contributed by atoms with Crippen molar-refractivity contribution in [2.45, 2.75) is 185 Å². The van der Waals surface area contributed by atoms with E-state index in [-0.39, 0.29) is 42.9 Å². The molecule has 0 aromatic carbocycles. The van der Waals surface area contributed by atoms with Gasteiger partial charge in [0.15, 0.2) is 12.6 Å². The van der Waals surface area contributed by atoms with Crippen molar-refractivity contribution in [1.82, 2.24) is 4.90 Å². The molecule has 0 radical (unpaired) electrons. The van der Waals surface area contributed by atoms with Gasteiger partial charge in [0.05, 0.1) is 47.6 Å². The van der Waals surface area contributed by atoms with Crippen LogP contribution in [0.15, 0.2) is 0 Å². The molecule has 0 spiro atoms. The Morgan fingerprint density at radius 1 is 0.980 bits per heavy atom. The molecule has 4 rings (SSSR count). The quantitative estimate of drug-likeness (QED) is 0.284. The van der Waals surface area contributed by atoms with Gasteiger partial charge >= 0.3 is 5.97 Å². The van der Waals surface area contributed by atoms with Gasteiger partial charge in [-0.15, -0.1) is 0 Å². The largest absolute Gasteiger partial charge is 0.459 e. The second kappa shape index (κ2) is 15.8. The first-order valence-corrected chi connectivity index (χ1v) is 18.7. The number of esters is 1. The fourth-order valence-electron chi connectivity index (χ4n) is 9.28. The van der Waals surface area contributed by atoms with Crippen LogP contribution >= 0.6 is 0 Å². The maximum Gasteiger partial charge on any atom is 0.311 e. The summed E-state index contributed by atoms with van der Waals surface area (Å²) in [6.45, 7) is 18.7. The normalized spacial score (nSPS) is 52.6. The van der Waals surface area contributed by atoms with Gasteiger partial charge < -0.3 is 59.1 Å². The fourth-order valence-corrected chi connectivity index (χ4v) is 9.28. The lowest BCUT2D eigenvalue weighted by molar-refractivity contribution is -0.318. The summed E-state index contributed by atoms with van der Waals surface area (Å²) in [5.74, 6) is -2.33. The van der Waals surface area contributed by atoms with Crippen molar-refractivity contribution in [2.24, 2.45) is 29.4 Å². The van der Waals surface area contributed by atoms with Crippen LogP contribution in [0.4, 0.5) is 0 Å². The van der Waals surface area contributed by atoms with Gasteiger partial charge in [0, 0.05) is 37.5 Å². The number of carbonyl (C=O) groups is 1. The molecule has 0 amide bonds. The molecule has 19 atom stereocenters. The molecule has 0 saturated carbocycles. The van der Waals surface area contributed by atoms with Crippen molar-refractivity contribution in [2.75, 3.05) is 21.2 Å². The number of likely N-dealkylation sites (N-methyl/N-ethyl adjacent to an activating group) is 1. The van der Waals surface area contributed by atoms with Gasteiger partial charge in [-0.1, -0.05) is 27.7 Å². The number of aliphatic hydroxyl groups is 3. The Morgan fingerprint density at radius 2 is 1.62 bits per heavy atom. The number of cyclic esters (lactones) is 1. The Morgan fingerprint density at radius 3 is 2.20 bits per heavy atom. The van der Waals surface area contributed by atoms with E-state index in [9.17, 15) is 20.1 Å². The topological polar surface area (TPSA) is 172 Å². The molecule has 13 nitrogen and oxygen atoms in total. The first kappa shape index (κ1) is 41.8. The van der Waals surface area contributed by atoms with Gasteiger partial charge in [0.25, 0.3) is 0 Å². The summed E-state index contributed by atoms with van der Waals surface area (Å²) in [7, 11) is 5.34. The smallest absolute Gasteiger partial charge is 0.311 e. The van der Waals surface area contributed by atoms with E-state index in [0.29, 0.717) is 12.8 Å². The Kier molecular flexibility index (Phi) is 13.2. The number of ether oxygens (including phenoxy) is 7. The molecule has 0 aliphatic carbocycles. The van der Waals surface area contributed by atoms with E-state index in [4.69, 9.17) is 38.9 Å². The van der Waals surface area contributed by atoms with E-state index in [1.807, 2.05) is 60.5 Å². The van der Waals surface area contributed by atoms with Gasteiger partial charge in [0.1, 0.15) is 23.9 Å². The molecule has 2 bridgehead atoms. The van der Waals surface area contributed by atoms with E-state index in [1.54, 1.807) is 27.7 Å². The van der Waals surface area contributed by atoms with Crippen LogP contribution in [0.25, 0.3) is 0 Å². The molecule has 292 valence electrons. The lowest BCUT2D eigenvalue weighted by Gasteiger charge is -2.49. The van der Waals surface area contributed by atoms with Crippen LogP contribution in [-0.4, -0.2) is 138 Å². The zero-order valence-electron chi connectivity index (χ0n) is 32.7. The van der Waals surface area contributed by atoms with E-state index >= 15 is 0 Å². The van der Waals surface area contributed by atoms with Gasteiger partial charge in [-0.2, -0.15) is 0 Å². The molecular weight excluding hydrogens is 648 g/mol. The van der Waals surface area contributed by atoms with Crippen LogP contribution in [0, 0.1) is 23.7 Å². The Bertz CT molecular complexity index is 1140. The van der Waals surface area contributed by atoms with Gasteiger partial charge in [-0.05, 0) is 80.8 Å². The number of nitrogens with two attached hydrogens (primary N) is 1. The van der Waals surface area contributed by atoms with Crippen molar-refractivity contribution < 1.29 is 53.3 Å². The number of hydrogen-bond acceptors (Lipinski definition) is 13. The molecular formula is C37H68N2O11. The molecule has 4 saturated heterocycles. The summed E-state index contributed by atoms with van der Waals surface area (Å²) in [4.78, 5) is 16.2. The van der Waals surface area contributed by atoms with E-state index in [1.165, 1.54) is 7.11 Å². The molecule has 5 N–H and O–H groups in total. The first-order valence-electron chi connectivity index (χ1n) is 18.7. The summed E-state index contributed by atoms with van der Waals surface area (Å²) >= 11 is 0. The molecule has 4 aliphatic heterocycles. The molecule has 4 fully saturated rings. The molecule has 50 heavy (non-hydrogen) atoms. The number of aliphatic hydroxyl groups excluding tert-OH is 2. The van der Waals surface area contributed by atoms with Crippen LogP contribution < -0.4 is 5.73 Å². The number of hydrogen-bond donors (Lipinski definition) is 4. The predicted molar refractivity (Wildman–Crippen MR) is 186 cm³/mol. The average molecular weight is 717 g/mol. The molecule has 0 unspecified atom stereocenters. The Labute approximate surface area is 299 Å². The minimum absolute atomic E-state index is 0.0899. The van der Waals surface area contributed by atoms with Crippen LogP contribution in [0.3, 0.4) is 0 Å². The summed E-state index contributed by atoms with van der Waals surface area (Å²) in [5, 5.41) is 35.0. The first-order chi connectivity index (χ1) is 23.1. The van der Waals surface area contributed by atoms with E-state index in [2.05, 4.69) is 0 Å². The third-order valence-electron chi connectivity index (χ3n) is 12.5. The van der Waals surface area contributed by atoms with Crippen molar-refractivity contribution in [1.29, 1.82) is 0 Å². The minimum atomic E-state index is -1.52. The maximum atomic E-state index is 14.2. The number of methoxy groups -OCH3 is 1. The molecule has 13 heteroatoms. The fraction of sp³-hybridized carbons (Fsp3) is 0.973. The standard InChI is InChI=1S/C37H68N2O11/c1-14-25-37(10)30(38)20(4)28(50-37)18(2)16-35(8,43)32(49-34-27(40)24(39(11)12)15-19(3)45-34)21(5)29(22(6)33(42)47-25)48-26-17-36(9,44-13)31(41)23(7)46-26/h18-32,34,40-41,43H,14-17,38H2,1-13H3/t18-,19-,20+,21+,22-,23+,24+,25+,26+,27-,28+,29+,30+,31+,32+,34+,35+,36-,37+/m1/s1. The van der Waals surface area contributed by atoms with Crippen molar-refractivity contribution in [3.8, 4) is 0 Å². The highest BCUT2D eigenvalue weighted by atomic mass is 16.7. The van der Waals surface area contributed by atoms with E-state index < -0.39 is 89.9 Å². The summed E-state index contributed by atoms with van der Waals surface area (Å²) in [6.07, 6.45) is -6.07. The van der Waals surface area contributed by atoms with Gasteiger partial charge in [-0.25, -0.2) is 0 Å². The van der Waals surface area contributed by atoms with Crippen LogP contribution in [0.1, 0.15) is 94.9 Å². The number of fused-ring (bicyclic) bond motifs is 2. The van der Waals surface area contributed by atoms with Crippen molar-refractivity contribution in [3.05, 3.63) is 0 Å².